The average Bonchev–Trinajstić information content (AvgIpc) is 2.76. The van der Waals surface area contributed by atoms with Crippen LogP contribution in [0.2, 0.25) is 0 Å². The number of carbonyl (C=O) groups excluding carboxylic acids is 1. The van der Waals surface area contributed by atoms with Crippen LogP contribution in [-0.4, -0.2) is 43.2 Å². The molecule has 0 saturated heterocycles. The second kappa shape index (κ2) is 6.88. The molecule has 5 rings (SSSR count). The van der Waals surface area contributed by atoms with Gasteiger partial charge in [-0.05, 0) is 32.1 Å². The third-order valence-corrected chi connectivity index (χ3v) is 5.90. The maximum absolute atomic E-state index is 13.7. The Morgan fingerprint density at radius 1 is 1.12 bits per heavy atom. The van der Waals surface area contributed by atoms with Gasteiger partial charge in [-0.2, -0.15) is 0 Å². The first kappa shape index (κ1) is 20.2. The summed E-state index contributed by atoms with van der Waals surface area (Å²) in [5, 5.41) is 11.8. The number of hydrogen-bond acceptors (Lipinski definition) is 8. The normalized spacial score (nSPS) is 21.6. The minimum Gasteiger partial charge on any atom is -0.493 e. The topological polar surface area (TPSA) is 106 Å². The Morgan fingerprint density at radius 2 is 1.84 bits per heavy atom. The fourth-order valence-electron chi connectivity index (χ4n) is 4.38. The number of nitro benzene ring substituents is 1. The van der Waals surface area contributed by atoms with Gasteiger partial charge in [-0.1, -0.05) is 0 Å². The van der Waals surface area contributed by atoms with E-state index < -0.39 is 22.5 Å². The van der Waals surface area contributed by atoms with Crippen molar-refractivity contribution in [2.24, 2.45) is 0 Å². The highest BCUT2D eigenvalue weighted by Crippen LogP contribution is 2.52. The van der Waals surface area contributed by atoms with Crippen LogP contribution < -0.4 is 23.7 Å². The van der Waals surface area contributed by atoms with Gasteiger partial charge in [0.2, 0.25) is 5.75 Å². The van der Waals surface area contributed by atoms with E-state index in [0.717, 1.165) is 0 Å². The number of nitro groups is 1. The van der Waals surface area contributed by atoms with Crippen molar-refractivity contribution in [2.75, 3.05) is 20.8 Å². The number of hydrogen-bond donors (Lipinski definition) is 0. The molecular formula is C23H21NO8. The van der Waals surface area contributed by atoms with Gasteiger partial charge in [0.1, 0.15) is 29.8 Å². The lowest BCUT2D eigenvalue weighted by Gasteiger charge is -2.38. The highest BCUT2D eigenvalue weighted by atomic mass is 16.6. The van der Waals surface area contributed by atoms with Crippen LogP contribution in [0.25, 0.3) is 6.08 Å². The average molecular weight is 439 g/mol. The van der Waals surface area contributed by atoms with Crippen LogP contribution in [0, 0.1) is 10.1 Å². The Balaban J connectivity index is 1.68. The number of ketones is 1. The van der Waals surface area contributed by atoms with Crippen molar-refractivity contribution in [1.82, 2.24) is 0 Å². The van der Waals surface area contributed by atoms with Gasteiger partial charge in [0.05, 0.1) is 36.2 Å². The number of Topliss-reactive ketones (excluding diaryl/α,β-unsaturated/α-hetero) is 1. The Morgan fingerprint density at radius 3 is 2.53 bits per heavy atom. The minimum atomic E-state index is -0.726. The first-order chi connectivity index (χ1) is 15.2. The Labute approximate surface area is 183 Å². The fraction of sp³-hybridized carbons (Fsp3) is 0.348. The zero-order valence-corrected chi connectivity index (χ0v) is 18.0. The number of nitrogens with zero attached hydrogens (tertiary/aromatic N) is 1. The Hall–Kier alpha value is -3.75. The summed E-state index contributed by atoms with van der Waals surface area (Å²) < 4.78 is 28.7. The van der Waals surface area contributed by atoms with Crippen molar-refractivity contribution in [3.05, 3.63) is 51.1 Å². The molecule has 32 heavy (non-hydrogen) atoms. The maximum Gasteiger partial charge on any atom is 0.312 e. The second-order valence-corrected chi connectivity index (χ2v) is 8.37. The van der Waals surface area contributed by atoms with Crippen LogP contribution in [0.4, 0.5) is 5.69 Å². The van der Waals surface area contributed by atoms with E-state index in [-0.39, 0.29) is 35.1 Å². The Bertz CT molecular complexity index is 1200. The van der Waals surface area contributed by atoms with Crippen LogP contribution in [0.1, 0.15) is 41.3 Å². The molecule has 0 aliphatic carbocycles. The van der Waals surface area contributed by atoms with Crippen molar-refractivity contribution < 1.29 is 33.4 Å². The molecular weight excluding hydrogens is 418 g/mol. The highest BCUT2D eigenvalue weighted by molar-refractivity contribution is 6.07. The molecule has 0 N–H and O–H groups in total. The van der Waals surface area contributed by atoms with E-state index >= 15 is 0 Å². The summed E-state index contributed by atoms with van der Waals surface area (Å²) in [6, 6.07) is 4.61. The number of benzene rings is 2. The maximum atomic E-state index is 13.7. The van der Waals surface area contributed by atoms with E-state index in [1.165, 1.54) is 20.3 Å². The standard InChI is InChI=1S/C23H21NO8/c1-23(2)6-5-11-21-13(7-14(24(26)27)22(11)32-23)20(25)19-12-8-16(28-3)17(29-4)9-15(12)30-10-18(19)31-21/h5-9,18-19H,10H2,1-4H3. The summed E-state index contributed by atoms with van der Waals surface area (Å²) >= 11 is 0. The number of fused-ring (bicyclic) bond motifs is 6. The monoisotopic (exact) mass is 439 g/mol. The molecule has 0 bridgehead atoms. The number of rotatable bonds is 3. The number of ether oxygens (including phenoxy) is 5. The largest absolute Gasteiger partial charge is 0.493 e. The van der Waals surface area contributed by atoms with E-state index in [9.17, 15) is 14.9 Å². The predicted octanol–water partition coefficient (Wildman–Crippen LogP) is 3.92. The predicted molar refractivity (Wildman–Crippen MR) is 113 cm³/mol. The minimum absolute atomic E-state index is 0.0935. The molecule has 0 saturated carbocycles. The molecule has 0 spiro atoms. The molecule has 3 aliphatic rings. The summed E-state index contributed by atoms with van der Waals surface area (Å²) in [6.07, 6.45) is 2.89. The third-order valence-electron chi connectivity index (χ3n) is 5.90. The first-order valence-corrected chi connectivity index (χ1v) is 10.1. The van der Waals surface area contributed by atoms with Gasteiger partial charge < -0.3 is 23.7 Å². The summed E-state index contributed by atoms with van der Waals surface area (Å²) in [4.78, 5) is 24.9. The first-order valence-electron chi connectivity index (χ1n) is 10.1. The molecule has 3 heterocycles. The second-order valence-electron chi connectivity index (χ2n) is 8.37. The van der Waals surface area contributed by atoms with Gasteiger partial charge in [0.15, 0.2) is 17.3 Å². The van der Waals surface area contributed by atoms with E-state index in [1.807, 2.05) is 0 Å². The van der Waals surface area contributed by atoms with Gasteiger partial charge in [0.25, 0.3) is 0 Å². The van der Waals surface area contributed by atoms with E-state index in [0.29, 0.717) is 28.4 Å². The molecule has 9 nitrogen and oxygen atoms in total. The lowest BCUT2D eigenvalue weighted by molar-refractivity contribution is -0.386. The number of carbonyl (C=O) groups is 1. The molecule has 166 valence electrons. The summed E-state index contributed by atoms with van der Waals surface area (Å²) in [7, 11) is 3.02. The van der Waals surface area contributed by atoms with Crippen LogP contribution in [-0.2, 0) is 0 Å². The van der Waals surface area contributed by atoms with Crippen LogP contribution in [0.5, 0.6) is 28.7 Å². The highest BCUT2D eigenvalue weighted by Gasteiger charge is 2.46. The van der Waals surface area contributed by atoms with Gasteiger partial charge in [-0.25, -0.2) is 0 Å². The molecule has 0 amide bonds. The summed E-state index contributed by atoms with van der Waals surface area (Å²) in [5.41, 5.74) is 0.121. The van der Waals surface area contributed by atoms with Crippen molar-refractivity contribution in [2.45, 2.75) is 31.5 Å². The molecule has 2 unspecified atom stereocenters. The SMILES string of the molecule is COc1cc2c(cc1OC)C1C(=O)c3cc([N+](=O)[O-])c4c(c3OC1CO2)C=CC(C)(C)O4. The lowest BCUT2D eigenvalue weighted by Crippen LogP contribution is -2.43. The van der Waals surface area contributed by atoms with Gasteiger partial charge >= 0.3 is 5.69 Å². The summed E-state index contributed by atoms with van der Waals surface area (Å²) in [5.74, 6) is 0.799. The van der Waals surface area contributed by atoms with Crippen molar-refractivity contribution in [3.8, 4) is 28.7 Å². The third kappa shape index (κ3) is 2.88. The van der Waals surface area contributed by atoms with E-state index in [1.54, 1.807) is 38.1 Å². The lowest BCUT2D eigenvalue weighted by atomic mass is 9.81. The smallest absolute Gasteiger partial charge is 0.312 e. The van der Waals surface area contributed by atoms with Gasteiger partial charge in [-0.15, -0.1) is 0 Å². The summed E-state index contributed by atoms with van der Waals surface area (Å²) in [6.45, 7) is 3.73. The Kier molecular flexibility index (Phi) is 4.34. The molecule has 0 fully saturated rings. The van der Waals surface area contributed by atoms with Crippen molar-refractivity contribution >= 4 is 17.5 Å². The van der Waals surface area contributed by atoms with Gasteiger partial charge in [0, 0.05) is 17.7 Å². The fourth-order valence-corrected chi connectivity index (χ4v) is 4.38. The molecule has 3 aliphatic heterocycles. The van der Waals surface area contributed by atoms with Crippen LogP contribution in [0.3, 0.4) is 0 Å². The van der Waals surface area contributed by atoms with E-state index in [2.05, 4.69) is 0 Å². The van der Waals surface area contributed by atoms with Crippen LogP contribution in [0.15, 0.2) is 24.3 Å². The van der Waals surface area contributed by atoms with E-state index in [4.69, 9.17) is 23.7 Å². The molecule has 9 heteroatoms. The molecule has 0 radical (unpaired) electrons. The number of methoxy groups -OCH3 is 2. The molecule has 0 aromatic heterocycles. The van der Waals surface area contributed by atoms with Crippen molar-refractivity contribution in [1.29, 1.82) is 0 Å². The quantitative estimate of drug-likeness (QED) is 0.523. The molecule has 2 aromatic carbocycles. The van der Waals surface area contributed by atoms with Crippen molar-refractivity contribution in [3.63, 3.8) is 0 Å². The molecule has 2 atom stereocenters. The zero-order chi connectivity index (χ0) is 22.8. The van der Waals surface area contributed by atoms with Crippen LogP contribution >= 0.6 is 0 Å². The zero-order valence-electron chi connectivity index (χ0n) is 18.0. The molecule has 2 aromatic rings. The van der Waals surface area contributed by atoms with Gasteiger partial charge in [-0.3, -0.25) is 14.9 Å².